The van der Waals surface area contributed by atoms with E-state index in [1.165, 1.54) is 6.33 Å². The van der Waals surface area contributed by atoms with Gasteiger partial charge in [0.2, 0.25) is 5.82 Å². The molecule has 0 unspecified atom stereocenters. The Balaban J connectivity index is 2.02. The van der Waals surface area contributed by atoms with Gasteiger partial charge in [-0.05, 0) is 12.1 Å². The Morgan fingerprint density at radius 3 is 2.95 bits per heavy atom. The summed E-state index contributed by atoms with van der Waals surface area (Å²) in [5.74, 6) is -0.474. The predicted octanol–water partition coefficient (Wildman–Crippen LogP) is -0.0789. The van der Waals surface area contributed by atoms with Crippen molar-refractivity contribution in [3.05, 3.63) is 36.4 Å². The Morgan fingerprint density at radius 2 is 2.26 bits per heavy atom. The van der Waals surface area contributed by atoms with E-state index in [0.717, 1.165) is 0 Å². The highest BCUT2D eigenvalue weighted by Crippen LogP contribution is 2.17. The van der Waals surface area contributed by atoms with Crippen LogP contribution in [0.2, 0.25) is 0 Å². The van der Waals surface area contributed by atoms with Crippen LogP contribution in [0, 0.1) is 0 Å². The van der Waals surface area contributed by atoms with Crippen molar-refractivity contribution in [3.63, 3.8) is 0 Å². The zero-order valence-electron chi connectivity index (χ0n) is 9.79. The van der Waals surface area contributed by atoms with Gasteiger partial charge in [-0.2, -0.15) is 5.10 Å². The number of anilines is 1. The summed E-state index contributed by atoms with van der Waals surface area (Å²) in [5.41, 5.74) is 5.47. The largest absolute Gasteiger partial charge is 0.484 e. The van der Waals surface area contributed by atoms with E-state index >= 15 is 0 Å². The van der Waals surface area contributed by atoms with E-state index < -0.39 is 11.8 Å². The number of nitrogens with zero attached hydrogens (tertiary/aromatic N) is 2. The molecule has 8 nitrogen and oxygen atoms in total. The van der Waals surface area contributed by atoms with Gasteiger partial charge in [0.05, 0.1) is 0 Å². The predicted molar refractivity (Wildman–Crippen MR) is 65.5 cm³/mol. The molecule has 2 aromatic rings. The number of H-pyrrole nitrogens is 1. The van der Waals surface area contributed by atoms with Crippen molar-refractivity contribution in [2.24, 2.45) is 5.73 Å². The minimum Gasteiger partial charge on any atom is -0.484 e. The second-order valence-corrected chi connectivity index (χ2v) is 3.57. The number of rotatable bonds is 5. The molecule has 1 aromatic carbocycles. The van der Waals surface area contributed by atoms with Crippen LogP contribution in [0.5, 0.6) is 5.75 Å². The molecule has 0 bridgehead atoms. The molecule has 8 heteroatoms. The number of hydrogen-bond donors (Lipinski definition) is 3. The van der Waals surface area contributed by atoms with Crippen LogP contribution in [0.1, 0.15) is 10.6 Å². The molecule has 2 amide bonds. The van der Waals surface area contributed by atoms with Crippen LogP contribution in [0.15, 0.2) is 30.6 Å². The lowest BCUT2D eigenvalue weighted by molar-refractivity contribution is -0.119. The molecule has 0 aliphatic carbocycles. The molecule has 19 heavy (non-hydrogen) atoms. The highest BCUT2D eigenvalue weighted by Gasteiger charge is 2.09. The SMILES string of the molecule is NC(=O)COc1cccc(NC(=O)c2ncn[nH]2)c1. The molecule has 0 saturated carbocycles. The first-order valence-corrected chi connectivity index (χ1v) is 5.33. The maximum Gasteiger partial charge on any atom is 0.292 e. The fourth-order valence-electron chi connectivity index (χ4n) is 1.32. The summed E-state index contributed by atoms with van der Waals surface area (Å²) in [6.45, 7) is -0.223. The number of amides is 2. The zero-order valence-corrected chi connectivity index (χ0v) is 9.79. The standard InChI is InChI=1S/C11H11N5O3/c12-9(17)5-19-8-3-1-2-7(4-8)15-11(18)10-13-6-14-16-10/h1-4,6H,5H2,(H2,12,17)(H,15,18)(H,13,14,16). The average Bonchev–Trinajstić information content (AvgIpc) is 2.91. The van der Waals surface area contributed by atoms with Gasteiger partial charge in [0, 0.05) is 11.8 Å². The van der Waals surface area contributed by atoms with Crippen molar-refractivity contribution >= 4 is 17.5 Å². The van der Waals surface area contributed by atoms with Crippen LogP contribution in [-0.2, 0) is 4.79 Å². The summed E-state index contributed by atoms with van der Waals surface area (Å²) in [7, 11) is 0. The Kier molecular flexibility index (Phi) is 3.72. The van der Waals surface area contributed by atoms with Gasteiger partial charge in [0.25, 0.3) is 11.8 Å². The summed E-state index contributed by atoms with van der Waals surface area (Å²) in [6.07, 6.45) is 1.24. The molecule has 0 radical (unpaired) electrons. The number of carbonyl (C=O) groups is 2. The van der Waals surface area contributed by atoms with E-state index in [-0.39, 0.29) is 12.4 Å². The van der Waals surface area contributed by atoms with Crippen molar-refractivity contribution in [2.45, 2.75) is 0 Å². The van der Waals surface area contributed by atoms with Gasteiger partial charge in [-0.3, -0.25) is 14.7 Å². The number of nitrogens with two attached hydrogens (primary N) is 1. The van der Waals surface area contributed by atoms with Crippen molar-refractivity contribution in [3.8, 4) is 5.75 Å². The molecule has 0 spiro atoms. The van der Waals surface area contributed by atoms with E-state index in [1.54, 1.807) is 24.3 Å². The minimum absolute atomic E-state index is 0.100. The third kappa shape index (κ3) is 3.53. The summed E-state index contributed by atoms with van der Waals surface area (Å²) in [5, 5.41) is 8.63. The van der Waals surface area contributed by atoms with Gasteiger partial charge in [-0.15, -0.1) is 0 Å². The van der Waals surface area contributed by atoms with E-state index in [9.17, 15) is 9.59 Å². The van der Waals surface area contributed by atoms with Crippen LogP contribution < -0.4 is 15.8 Å². The number of benzene rings is 1. The van der Waals surface area contributed by atoms with Gasteiger partial charge in [0.1, 0.15) is 12.1 Å². The summed E-state index contributed by atoms with van der Waals surface area (Å²) in [6, 6.07) is 6.56. The molecule has 2 rings (SSSR count). The molecule has 98 valence electrons. The molecular weight excluding hydrogens is 250 g/mol. The maximum atomic E-state index is 11.7. The molecule has 0 aliphatic rings. The average molecular weight is 261 g/mol. The Labute approximate surface area is 108 Å². The third-order valence-corrected chi connectivity index (χ3v) is 2.10. The van der Waals surface area contributed by atoms with E-state index in [2.05, 4.69) is 20.5 Å². The second kappa shape index (κ2) is 5.63. The number of nitrogens with one attached hydrogen (secondary N) is 2. The summed E-state index contributed by atoms with van der Waals surface area (Å²) >= 11 is 0. The normalized spacial score (nSPS) is 9.89. The first-order chi connectivity index (χ1) is 9.15. The van der Waals surface area contributed by atoms with Crippen LogP contribution >= 0.6 is 0 Å². The van der Waals surface area contributed by atoms with Crippen LogP contribution in [-0.4, -0.2) is 33.6 Å². The lowest BCUT2D eigenvalue weighted by atomic mass is 10.3. The number of carbonyl (C=O) groups excluding carboxylic acids is 2. The molecule has 0 saturated heterocycles. The summed E-state index contributed by atoms with van der Waals surface area (Å²) in [4.78, 5) is 26.0. The summed E-state index contributed by atoms with van der Waals surface area (Å²) < 4.78 is 5.12. The Morgan fingerprint density at radius 1 is 1.42 bits per heavy atom. The quantitative estimate of drug-likeness (QED) is 0.694. The van der Waals surface area contributed by atoms with Crippen molar-refractivity contribution in [1.82, 2.24) is 15.2 Å². The monoisotopic (exact) mass is 261 g/mol. The first-order valence-electron chi connectivity index (χ1n) is 5.33. The van der Waals surface area contributed by atoms with Crippen molar-refractivity contribution < 1.29 is 14.3 Å². The van der Waals surface area contributed by atoms with E-state index in [4.69, 9.17) is 10.5 Å². The zero-order chi connectivity index (χ0) is 13.7. The molecule has 1 aromatic heterocycles. The molecule has 0 atom stereocenters. The number of primary amides is 1. The fourth-order valence-corrected chi connectivity index (χ4v) is 1.32. The second-order valence-electron chi connectivity index (χ2n) is 3.57. The third-order valence-electron chi connectivity index (χ3n) is 2.10. The van der Waals surface area contributed by atoms with Crippen LogP contribution in [0.4, 0.5) is 5.69 Å². The van der Waals surface area contributed by atoms with Gasteiger partial charge in [-0.25, -0.2) is 4.98 Å². The number of hydrogen-bond acceptors (Lipinski definition) is 5. The maximum absolute atomic E-state index is 11.7. The minimum atomic E-state index is -0.573. The smallest absolute Gasteiger partial charge is 0.292 e. The van der Waals surface area contributed by atoms with Crippen LogP contribution in [0.3, 0.4) is 0 Å². The van der Waals surface area contributed by atoms with E-state index in [0.29, 0.717) is 11.4 Å². The molecule has 1 heterocycles. The fraction of sp³-hybridized carbons (Fsp3) is 0.0909. The van der Waals surface area contributed by atoms with Gasteiger partial charge >= 0.3 is 0 Å². The lowest BCUT2D eigenvalue weighted by Crippen LogP contribution is -2.20. The van der Waals surface area contributed by atoms with Crippen molar-refractivity contribution in [2.75, 3.05) is 11.9 Å². The van der Waals surface area contributed by atoms with Crippen molar-refractivity contribution in [1.29, 1.82) is 0 Å². The lowest BCUT2D eigenvalue weighted by Gasteiger charge is -2.07. The van der Waals surface area contributed by atoms with Gasteiger partial charge in [-0.1, -0.05) is 6.07 Å². The first kappa shape index (κ1) is 12.6. The molecule has 0 fully saturated rings. The topological polar surface area (TPSA) is 123 Å². The molecule has 4 N–H and O–H groups in total. The highest BCUT2D eigenvalue weighted by molar-refractivity contribution is 6.01. The van der Waals surface area contributed by atoms with Gasteiger partial charge < -0.3 is 15.8 Å². The van der Waals surface area contributed by atoms with Crippen LogP contribution in [0.25, 0.3) is 0 Å². The number of aromatic amines is 1. The van der Waals surface area contributed by atoms with E-state index in [1.807, 2.05) is 0 Å². The highest BCUT2D eigenvalue weighted by atomic mass is 16.5. The Hall–Kier alpha value is -2.90. The van der Waals surface area contributed by atoms with Gasteiger partial charge in [0.15, 0.2) is 6.61 Å². The number of aromatic nitrogens is 3. The molecule has 0 aliphatic heterocycles. The molecular formula is C11H11N5O3. The Bertz CT molecular complexity index is 582. The number of ether oxygens (including phenoxy) is 1.